The summed E-state index contributed by atoms with van der Waals surface area (Å²) in [6.07, 6.45) is 0.750. The summed E-state index contributed by atoms with van der Waals surface area (Å²) in [5.74, 6) is -1.93. The van der Waals surface area contributed by atoms with Gasteiger partial charge in [-0.15, -0.1) is 5.10 Å². The third-order valence-electron chi connectivity index (χ3n) is 4.42. The molecule has 0 radical (unpaired) electrons. The van der Waals surface area contributed by atoms with Crippen LogP contribution in [0, 0.1) is 0 Å². The van der Waals surface area contributed by atoms with Gasteiger partial charge in [0.15, 0.2) is 9.84 Å². The lowest BCUT2D eigenvalue weighted by atomic mass is 10.1. The molecule has 0 spiro atoms. The molecular weight excluding hydrogens is 451 g/mol. The van der Waals surface area contributed by atoms with Gasteiger partial charge < -0.3 is 4.74 Å². The molecule has 4 aromatic heterocycles. The SMILES string of the molecule is CCS(=O)(=O)c1cc(-c2cnc(OC)nc2)cnc1-c1ccn2nc(C(F)(F)F)nc2n1. The molecule has 0 aliphatic heterocycles. The summed E-state index contributed by atoms with van der Waals surface area (Å²) >= 11 is 0. The maximum atomic E-state index is 12.9. The van der Waals surface area contributed by atoms with Crippen molar-refractivity contribution < 1.29 is 26.3 Å². The van der Waals surface area contributed by atoms with Gasteiger partial charge in [0.1, 0.15) is 5.69 Å². The van der Waals surface area contributed by atoms with Crippen LogP contribution in [-0.2, 0) is 16.0 Å². The van der Waals surface area contributed by atoms with E-state index in [0.29, 0.717) is 11.1 Å². The molecule has 10 nitrogen and oxygen atoms in total. The van der Waals surface area contributed by atoms with Crippen LogP contribution >= 0.6 is 0 Å². The molecule has 0 aliphatic carbocycles. The number of alkyl halides is 3. The maximum Gasteiger partial charge on any atom is 0.453 e. The van der Waals surface area contributed by atoms with E-state index in [9.17, 15) is 21.6 Å². The van der Waals surface area contributed by atoms with Crippen molar-refractivity contribution in [1.82, 2.24) is 34.5 Å². The number of halogens is 3. The molecule has 32 heavy (non-hydrogen) atoms. The van der Waals surface area contributed by atoms with E-state index in [4.69, 9.17) is 4.74 Å². The largest absolute Gasteiger partial charge is 0.467 e. The van der Waals surface area contributed by atoms with E-state index in [-0.39, 0.29) is 33.8 Å². The Balaban J connectivity index is 1.86. The first-order valence-electron chi connectivity index (χ1n) is 9.02. The molecular formula is C18H14F3N7O3S. The van der Waals surface area contributed by atoms with Gasteiger partial charge in [-0.05, 0) is 12.1 Å². The molecule has 14 heteroatoms. The zero-order valence-corrected chi connectivity index (χ0v) is 17.4. The number of aromatic nitrogens is 7. The summed E-state index contributed by atoms with van der Waals surface area (Å²) in [6, 6.07) is 2.85. The van der Waals surface area contributed by atoms with Gasteiger partial charge in [-0.3, -0.25) is 4.98 Å². The average Bonchev–Trinajstić information content (AvgIpc) is 3.23. The van der Waals surface area contributed by atoms with Crippen LogP contribution in [-0.4, -0.2) is 55.8 Å². The van der Waals surface area contributed by atoms with Gasteiger partial charge in [-0.1, -0.05) is 6.92 Å². The molecule has 0 saturated heterocycles. The lowest BCUT2D eigenvalue weighted by Crippen LogP contribution is -2.08. The van der Waals surface area contributed by atoms with E-state index in [1.807, 2.05) is 0 Å². The summed E-state index contributed by atoms with van der Waals surface area (Å²) in [5.41, 5.74) is 0.923. The number of methoxy groups -OCH3 is 1. The number of fused-ring (bicyclic) bond motifs is 1. The zero-order valence-electron chi connectivity index (χ0n) is 16.6. The number of hydrogen-bond donors (Lipinski definition) is 0. The molecule has 0 unspecified atom stereocenters. The highest BCUT2D eigenvalue weighted by Gasteiger charge is 2.36. The van der Waals surface area contributed by atoms with Crippen molar-refractivity contribution in [3.05, 3.63) is 42.7 Å². The molecule has 0 atom stereocenters. The van der Waals surface area contributed by atoms with E-state index in [0.717, 1.165) is 4.52 Å². The van der Waals surface area contributed by atoms with Crippen LogP contribution in [0.15, 0.2) is 41.8 Å². The van der Waals surface area contributed by atoms with Gasteiger partial charge in [-0.25, -0.2) is 27.9 Å². The Morgan fingerprint density at radius 1 is 1.06 bits per heavy atom. The Morgan fingerprint density at radius 3 is 2.38 bits per heavy atom. The first kappa shape index (κ1) is 21.5. The van der Waals surface area contributed by atoms with Crippen molar-refractivity contribution in [1.29, 1.82) is 0 Å². The van der Waals surface area contributed by atoms with Crippen LogP contribution < -0.4 is 4.74 Å². The normalized spacial score (nSPS) is 12.3. The Kier molecular flexibility index (Phi) is 5.24. The molecule has 4 heterocycles. The van der Waals surface area contributed by atoms with Crippen molar-refractivity contribution in [2.75, 3.05) is 12.9 Å². The van der Waals surface area contributed by atoms with E-state index >= 15 is 0 Å². The molecule has 0 fully saturated rings. The smallest absolute Gasteiger partial charge is 0.453 e. The molecule has 0 N–H and O–H groups in total. The second-order valence-corrected chi connectivity index (χ2v) is 8.67. The van der Waals surface area contributed by atoms with Crippen molar-refractivity contribution in [3.8, 4) is 28.5 Å². The van der Waals surface area contributed by atoms with Crippen molar-refractivity contribution in [2.24, 2.45) is 0 Å². The third-order valence-corrected chi connectivity index (χ3v) is 6.16. The number of sulfone groups is 1. The van der Waals surface area contributed by atoms with Crippen molar-refractivity contribution in [3.63, 3.8) is 0 Å². The summed E-state index contributed by atoms with van der Waals surface area (Å²) in [6.45, 7) is 1.47. The number of hydrogen-bond acceptors (Lipinski definition) is 9. The summed E-state index contributed by atoms with van der Waals surface area (Å²) in [5, 5.41) is 3.33. The molecule has 0 aliphatic rings. The highest BCUT2D eigenvalue weighted by molar-refractivity contribution is 7.91. The molecule has 0 aromatic carbocycles. The van der Waals surface area contributed by atoms with Crippen molar-refractivity contribution >= 4 is 15.6 Å². The van der Waals surface area contributed by atoms with E-state index in [1.54, 1.807) is 0 Å². The highest BCUT2D eigenvalue weighted by atomic mass is 32.2. The second kappa shape index (κ2) is 7.78. The molecule has 0 saturated carbocycles. The first-order chi connectivity index (χ1) is 15.1. The third kappa shape index (κ3) is 3.95. The predicted octanol–water partition coefficient (Wildman–Crippen LogP) is 2.46. The Labute approximate surface area is 179 Å². The topological polar surface area (TPSA) is 125 Å². The van der Waals surface area contributed by atoms with Crippen molar-refractivity contribution in [2.45, 2.75) is 18.0 Å². The van der Waals surface area contributed by atoms with Crippen LogP contribution in [0.1, 0.15) is 12.7 Å². The van der Waals surface area contributed by atoms with Crippen LogP contribution in [0.2, 0.25) is 0 Å². The van der Waals surface area contributed by atoms with Crippen LogP contribution in [0.25, 0.3) is 28.3 Å². The Hall–Kier alpha value is -3.68. The maximum absolute atomic E-state index is 12.9. The minimum atomic E-state index is -4.75. The minimum absolute atomic E-state index is 0.0240. The van der Waals surface area contributed by atoms with Gasteiger partial charge in [-0.2, -0.15) is 18.2 Å². The van der Waals surface area contributed by atoms with Gasteiger partial charge in [0.05, 0.1) is 23.5 Å². The summed E-state index contributed by atoms with van der Waals surface area (Å²) in [7, 11) is -2.37. The summed E-state index contributed by atoms with van der Waals surface area (Å²) in [4.78, 5) is 19.5. The zero-order chi connectivity index (χ0) is 23.1. The minimum Gasteiger partial charge on any atom is -0.467 e. The van der Waals surface area contributed by atoms with E-state index in [1.165, 1.54) is 51.0 Å². The van der Waals surface area contributed by atoms with Gasteiger partial charge >= 0.3 is 12.2 Å². The fraction of sp³-hybridized carbons (Fsp3) is 0.222. The van der Waals surface area contributed by atoms with Gasteiger partial charge in [0, 0.05) is 35.9 Å². The van der Waals surface area contributed by atoms with Crippen LogP contribution in [0.3, 0.4) is 0 Å². The molecule has 0 bridgehead atoms. The predicted molar refractivity (Wildman–Crippen MR) is 104 cm³/mol. The molecule has 4 rings (SSSR count). The summed E-state index contributed by atoms with van der Waals surface area (Å²) < 4.78 is 70.0. The Morgan fingerprint density at radius 2 is 1.75 bits per heavy atom. The second-order valence-electron chi connectivity index (χ2n) is 6.42. The quantitative estimate of drug-likeness (QED) is 0.437. The number of rotatable bonds is 5. The number of pyridine rings is 1. The van der Waals surface area contributed by atoms with E-state index in [2.05, 4.69) is 30.0 Å². The molecule has 4 aromatic rings. The number of nitrogens with zero attached hydrogens (tertiary/aromatic N) is 7. The van der Waals surface area contributed by atoms with Crippen LogP contribution in [0.4, 0.5) is 13.2 Å². The number of ether oxygens (including phenoxy) is 1. The molecule has 166 valence electrons. The van der Waals surface area contributed by atoms with Crippen LogP contribution in [0.5, 0.6) is 6.01 Å². The lowest BCUT2D eigenvalue weighted by molar-refractivity contribution is -0.144. The average molecular weight is 465 g/mol. The van der Waals surface area contributed by atoms with Gasteiger partial charge in [0.2, 0.25) is 0 Å². The monoisotopic (exact) mass is 465 g/mol. The fourth-order valence-electron chi connectivity index (χ4n) is 2.79. The first-order valence-corrected chi connectivity index (χ1v) is 10.7. The highest BCUT2D eigenvalue weighted by Crippen LogP contribution is 2.30. The Bertz CT molecular complexity index is 1400. The standard InChI is InChI=1S/C18H14F3N7O3S/c1-3-32(29,30)13-6-10(11-8-23-17(31-2)24-9-11)7-22-14(13)12-4-5-28-16(25-12)26-15(27-28)18(19,20)21/h4-9H,3H2,1-2H3. The fourth-order valence-corrected chi connectivity index (χ4v) is 3.86. The lowest BCUT2D eigenvalue weighted by Gasteiger charge is -2.11. The van der Waals surface area contributed by atoms with Gasteiger partial charge in [0.25, 0.3) is 11.6 Å². The van der Waals surface area contributed by atoms with E-state index < -0.39 is 21.8 Å². The molecule has 0 amide bonds.